The van der Waals surface area contributed by atoms with Gasteiger partial charge in [-0.25, -0.2) is 4.98 Å². The summed E-state index contributed by atoms with van der Waals surface area (Å²) in [6, 6.07) is 10.00. The molecule has 2 rings (SSSR count). The average molecular weight is 260 g/mol. The van der Waals surface area contributed by atoms with Crippen LogP contribution < -0.4 is 10.5 Å². The highest BCUT2D eigenvalue weighted by molar-refractivity contribution is 7.80. The summed E-state index contributed by atoms with van der Waals surface area (Å²) < 4.78 is 5.75. The van der Waals surface area contributed by atoms with Crippen LogP contribution in [0, 0.1) is 6.92 Å². The molecule has 3 nitrogen and oxygen atoms in total. The van der Waals surface area contributed by atoms with E-state index in [1.807, 2.05) is 31.2 Å². The molecule has 0 saturated heterocycles. The summed E-state index contributed by atoms with van der Waals surface area (Å²) in [4.78, 5) is 5.05. The number of fused-ring (bicyclic) bond motifs is 1. The van der Waals surface area contributed by atoms with E-state index < -0.39 is 0 Å². The minimum Gasteiger partial charge on any atom is -0.491 e. The lowest BCUT2D eigenvalue weighted by molar-refractivity contribution is 0.317. The number of aryl methyl sites for hydroxylation is 1. The molecule has 0 aliphatic rings. The number of para-hydroxylation sites is 1. The second-order valence-corrected chi connectivity index (χ2v) is 4.72. The van der Waals surface area contributed by atoms with Crippen LogP contribution in [-0.2, 0) is 0 Å². The van der Waals surface area contributed by atoms with Crippen LogP contribution in [0.5, 0.6) is 5.75 Å². The number of ether oxygens (including phenoxy) is 1. The molecule has 0 radical (unpaired) electrons. The fraction of sp³-hybridized carbons (Fsp3) is 0.286. The number of aromatic nitrogens is 1. The average Bonchev–Trinajstić information content (AvgIpc) is 2.34. The molecular formula is C14H16N2OS. The van der Waals surface area contributed by atoms with E-state index in [9.17, 15) is 0 Å². The standard InChI is InChI=1S/C14H16N2OS/c1-10-7-8-11-4-2-5-12(14(11)16-10)17-9-3-6-13(15)18/h2,4-5,7-8H,3,6,9H2,1H3,(H2,15,18). The van der Waals surface area contributed by atoms with Crippen molar-refractivity contribution in [1.29, 1.82) is 0 Å². The summed E-state index contributed by atoms with van der Waals surface area (Å²) in [6.45, 7) is 2.58. The van der Waals surface area contributed by atoms with Crippen LogP contribution in [0.3, 0.4) is 0 Å². The second-order valence-electron chi connectivity index (χ2n) is 4.20. The monoisotopic (exact) mass is 260 g/mol. The lowest BCUT2D eigenvalue weighted by atomic mass is 10.2. The largest absolute Gasteiger partial charge is 0.491 e. The molecule has 1 heterocycles. The van der Waals surface area contributed by atoms with Crippen molar-refractivity contribution < 1.29 is 4.74 Å². The van der Waals surface area contributed by atoms with Gasteiger partial charge in [0.25, 0.3) is 0 Å². The highest BCUT2D eigenvalue weighted by Crippen LogP contribution is 2.24. The van der Waals surface area contributed by atoms with Crippen molar-refractivity contribution in [2.24, 2.45) is 5.73 Å². The summed E-state index contributed by atoms with van der Waals surface area (Å²) in [5.41, 5.74) is 7.34. The van der Waals surface area contributed by atoms with E-state index in [-0.39, 0.29) is 0 Å². The minimum absolute atomic E-state index is 0.533. The number of thiocarbonyl (C=S) groups is 1. The van der Waals surface area contributed by atoms with Gasteiger partial charge in [-0.05, 0) is 25.5 Å². The number of hydrogen-bond donors (Lipinski definition) is 1. The lowest BCUT2D eigenvalue weighted by Crippen LogP contribution is -2.09. The molecule has 0 atom stereocenters. The molecule has 0 amide bonds. The molecule has 4 heteroatoms. The topological polar surface area (TPSA) is 48.1 Å². The highest BCUT2D eigenvalue weighted by atomic mass is 32.1. The summed E-state index contributed by atoms with van der Waals surface area (Å²) in [5.74, 6) is 0.819. The molecular weight excluding hydrogens is 244 g/mol. The Balaban J connectivity index is 2.12. The highest BCUT2D eigenvalue weighted by Gasteiger charge is 2.03. The molecule has 94 valence electrons. The second kappa shape index (κ2) is 5.78. The lowest BCUT2D eigenvalue weighted by Gasteiger charge is -2.08. The van der Waals surface area contributed by atoms with Gasteiger partial charge in [0.1, 0.15) is 11.3 Å². The Hall–Kier alpha value is -1.68. The van der Waals surface area contributed by atoms with Crippen molar-refractivity contribution in [2.45, 2.75) is 19.8 Å². The van der Waals surface area contributed by atoms with Crippen LogP contribution >= 0.6 is 12.2 Å². The van der Waals surface area contributed by atoms with E-state index in [1.54, 1.807) is 0 Å². The first-order valence-corrected chi connectivity index (χ1v) is 6.35. The quantitative estimate of drug-likeness (QED) is 0.663. The van der Waals surface area contributed by atoms with E-state index in [0.29, 0.717) is 18.0 Å². The van der Waals surface area contributed by atoms with Crippen molar-refractivity contribution >= 4 is 28.1 Å². The molecule has 1 aromatic carbocycles. The summed E-state index contributed by atoms with van der Waals surface area (Å²) in [7, 11) is 0. The van der Waals surface area contributed by atoms with Gasteiger partial charge < -0.3 is 10.5 Å². The first-order chi connectivity index (χ1) is 8.66. The zero-order chi connectivity index (χ0) is 13.0. The third-order valence-electron chi connectivity index (χ3n) is 2.65. The predicted molar refractivity (Wildman–Crippen MR) is 78.0 cm³/mol. The molecule has 0 unspecified atom stereocenters. The fourth-order valence-electron chi connectivity index (χ4n) is 1.76. The van der Waals surface area contributed by atoms with Crippen LogP contribution in [0.15, 0.2) is 30.3 Å². The molecule has 2 N–H and O–H groups in total. The third kappa shape index (κ3) is 3.17. The summed E-state index contributed by atoms with van der Waals surface area (Å²) in [5, 5.41) is 1.09. The zero-order valence-electron chi connectivity index (χ0n) is 10.3. The maximum Gasteiger partial charge on any atom is 0.145 e. The van der Waals surface area contributed by atoms with Gasteiger partial charge in [0.2, 0.25) is 0 Å². The Morgan fingerprint density at radius 2 is 2.17 bits per heavy atom. The first-order valence-electron chi connectivity index (χ1n) is 5.94. The van der Waals surface area contributed by atoms with Crippen LogP contribution in [0.2, 0.25) is 0 Å². The third-order valence-corrected chi connectivity index (χ3v) is 2.85. The van der Waals surface area contributed by atoms with Gasteiger partial charge in [0.15, 0.2) is 0 Å². The van der Waals surface area contributed by atoms with Gasteiger partial charge in [0, 0.05) is 17.5 Å². The Morgan fingerprint density at radius 3 is 2.94 bits per heavy atom. The van der Waals surface area contributed by atoms with Gasteiger partial charge in [-0.2, -0.15) is 0 Å². The Bertz CT molecular complexity index is 569. The number of nitrogens with zero attached hydrogens (tertiary/aromatic N) is 1. The van der Waals surface area contributed by atoms with E-state index in [2.05, 4.69) is 11.1 Å². The molecule has 0 saturated carbocycles. The molecule has 2 aromatic rings. The number of benzene rings is 1. The molecule has 0 aliphatic heterocycles. The molecule has 0 aliphatic carbocycles. The van der Waals surface area contributed by atoms with Gasteiger partial charge in [0.05, 0.1) is 11.6 Å². The van der Waals surface area contributed by atoms with Gasteiger partial charge in [-0.1, -0.05) is 30.4 Å². The van der Waals surface area contributed by atoms with E-state index in [4.69, 9.17) is 22.7 Å². The number of nitrogens with two attached hydrogens (primary N) is 1. The van der Waals surface area contributed by atoms with Crippen LogP contribution in [-0.4, -0.2) is 16.6 Å². The molecule has 1 aromatic heterocycles. The number of pyridine rings is 1. The van der Waals surface area contributed by atoms with Crippen LogP contribution in [0.1, 0.15) is 18.5 Å². The predicted octanol–water partition coefficient (Wildman–Crippen LogP) is 2.99. The summed E-state index contributed by atoms with van der Waals surface area (Å²) in [6.07, 6.45) is 1.55. The molecule has 18 heavy (non-hydrogen) atoms. The van der Waals surface area contributed by atoms with E-state index in [1.165, 1.54) is 0 Å². The normalized spacial score (nSPS) is 10.5. The fourth-order valence-corrected chi connectivity index (χ4v) is 1.91. The molecule has 0 bridgehead atoms. The first kappa shape index (κ1) is 12.8. The molecule has 0 fully saturated rings. The van der Waals surface area contributed by atoms with Crippen molar-refractivity contribution in [2.75, 3.05) is 6.61 Å². The molecule has 0 spiro atoms. The Labute approximate surface area is 112 Å². The zero-order valence-corrected chi connectivity index (χ0v) is 11.2. The van der Waals surface area contributed by atoms with Crippen molar-refractivity contribution in [3.63, 3.8) is 0 Å². The van der Waals surface area contributed by atoms with Gasteiger partial charge in [-0.3, -0.25) is 0 Å². The minimum atomic E-state index is 0.533. The van der Waals surface area contributed by atoms with Crippen molar-refractivity contribution in [3.05, 3.63) is 36.0 Å². The van der Waals surface area contributed by atoms with Crippen LogP contribution in [0.25, 0.3) is 10.9 Å². The van der Waals surface area contributed by atoms with Crippen molar-refractivity contribution in [3.8, 4) is 5.75 Å². The van der Waals surface area contributed by atoms with Crippen molar-refractivity contribution in [1.82, 2.24) is 4.98 Å². The smallest absolute Gasteiger partial charge is 0.145 e. The summed E-state index contributed by atoms with van der Waals surface area (Å²) >= 11 is 4.83. The number of rotatable bonds is 5. The maximum atomic E-state index is 5.75. The SMILES string of the molecule is Cc1ccc2cccc(OCCCC(N)=S)c2n1. The van der Waals surface area contributed by atoms with Gasteiger partial charge in [-0.15, -0.1) is 0 Å². The maximum absolute atomic E-state index is 5.75. The van der Waals surface area contributed by atoms with E-state index in [0.717, 1.165) is 28.8 Å². The number of hydrogen-bond acceptors (Lipinski definition) is 3. The van der Waals surface area contributed by atoms with Gasteiger partial charge >= 0.3 is 0 Å². The van der Waals surface area contributed by atoms with E-state index >= 15 is 0 Å². The Kier molecular flexibility index (Phi) is 4.10. The Morgan fingerprint density at radius 1 is 1.33 bits per heavy atom. The van der Waals surface area contributed by atoms with Crippen LogP contribution in [0.4, 0.5) is 0 Å².